The van der Waals surface area contributed by atoms with Crippen molar-refractivity contribution in [2.24, 2.45) is 11.3 Å². The molecule has 1 saturated carbocycles. The molecule has 0 radical (unpaired) electrons. The van der Waals surface area contributed by atoms with Gasteiger partial charge < -0.3 is 14.5 Å². The smallest absolute Gasteiger partial charge is 0.230 e. The molecule has 5 nitrogen and oxygen atoms in total. The first-order valence-electron chi connectivity index (χ1n) is 8.73. The Bertz CT molecular complexity index is 434. The predicted octanol–water partition coefficient (Wildman–Crippen LogP) is 1.66. The third-order valence-electron chi connectivity index (χ3n) is 5.76. The van der Waals surface area contributed by atoms with Crippen molar-refractivity contribution in [2.45, 2.75) is 44.9 Å². The van der Waals surface area contributed by atoms with Crippen LogP contribution in [0.2, 0.25) is 0 Å². The molecule has 0 N–H and O–H groups in total. The summed E-state index contributed by atoms with van der Waals surface area (Å²) in [5.41, 5.74) is -0.305. The number of ether oxygens (including phenoxy) is 1. The second-order valence-corrected chi connectivity index (χ2v) is 7.16. The first-order chi connectivity index (χ1) is 10.7. The minimum Gasteiger partial charge on any atom is -0.383 e. The number of hydrogen-bond donors (Lipinski definition) is 0. The van der Waals surface area contributed by atoms with Crippen LogP contribution in [-0.4, -0.2) is 61.5 Å². The average Bonchev–Trinajstić information content (AvgIpc) is 3.19. The molecule has 5 heteroatoms. The summed E-state index contributed by atoms with van der Waals surface area (Å²) in [5, 5.41) is 0. The van der Waals surface area contributed by atoms with Crippen LogP contribution in [0.1, 0.15) is 44.9 Å². The Morgan fingerprint density at radius 2 is 2.00 bits per heavy atom. The Hall–Kier alpha value is -1.10. The van der Waals surface area contributed by atoms with Crippen LogP contribution in [-0.2, 0) is 14.3 Å². The standard InChI is InChI=1S/C17H28N2O3/c1-22-12-11-18-9-4-7-17(16(18)21)8-10-19(13-17)15(20)14-5-2-3-6-14/h14H,2-13H2,1H3/t17-/m0/s1. The minimum absolute atomic E-state index is 0.221. The van der Waals surface area contributed by atoms with E-state index in [1.54, 1.807) is 7.11 Å². The van der Waals surface area contributed by atoms with Gasteiger partial charge in [0, 0.05) is 39.2 Å². The van der Waals surface area contributed by atoms with E-state index in [1.165, 1.54) is 12.8 Å². The van der Waals surface area contributed by atoms with Crippen molar-refractivity contribution in [3.8, 4) is 0 Å². The Labute approximate surface area is 133 Å². The maximum Gasteiger partial charge on any atom is 0.230 e. The van der Waals surface area contributed by atoms with E-state index in [2.05, 4.69) is 0 Å². The highest BCUT2D eigenvalue weighted by atomic mass is 16.5. The number of methoxy groups -OCH3 is 1. The van der Waals surface area contributed by atoms with E-state index >= 15 is 0 Å². The van der Waals surface area contributed by atoms with Gasteiger partial charge in [0.25, 0.3) is 0 Å². The summed E-state index contributed by atoms with van der Waals surface area (Å²) >= 11 is 0. The Balaban J connectivity index is 1.64. The molecule has 124 valence electrons. The number of piperidine rings is 1. The van der Waals surface area contributed by atoms with Gasteiger partial charge in [-0.25, -0.2) is 0 Å². The van der Waals surface area contributed by atoms with Crippen molar-refractivity contribution in [1.82, 2.24) is 9.80 Å². The molecule has 1 aliphatic carbocycles. The molecular weight excluding hydrogens is 280 g/mol. The highest BCUT2D eigenvalue weighted by Crippen LogP contribution is 2.41. The van der Waals surface area contributed by atoms with Gasteiger partial charge in [0.05, 0.1) is 12.0 Å². The van der Waals surface area contributed by atoms with Crippen LogP contribution in [0.3, 0.4) is 0 Å². The average molecular weight is 308 g/mol. The molecule has 3 rings (SSSR count). The third kappa shape index (κ3) is 2.87. The maximum atomic E-state index is 12.9. The number of hydrogen-bond acceptors (Lipinski definition) is 3. The minimum atomic E-state index is -0.305. The number of likely N-dealkylation sites (tertiary alicyclic amines) is 2. The fourth-order valence-electron chi connectivity index (χ4n) is 4.44. The summed E-state index contributed by atoms with van der Waals surface area (Å²) in [5.74, 6) is 0.771. The van der Waals surface area contributed by atoms with Gasteiger partial charge in [-0.05, 0) is 32.1 Å². The lowest BCUT2D eigenvalue weighted by molar-refractivity contribution is -0.147. The van der Waals surface area contributed by atoms with E-state index in [4.69, 9.17) is 4.74 Å². The van der Waals surface area contributed by atoms with Crippen molar-refractivity contribution in [2.75, 3.05) is 39.9 Å². The van der Waals surface area contributed by atoms with Crippen LogP contribution < -0.4 is 0 Å². The first kappa shape index (κ1) is 15.8. The van der Waals surface area contributed by atoms with Crippen LogP contribution >= 0.6 is 0 Å². The van der Waals surface area contributed by atoms with Crippen molar-refractivity contribution in [3.05, 3.63) is 0 Å². The first-order valence-corrected chi connectivity index (χ1v) is 8.73. The third-order valence-corrected chi connectivity index (χ3v) is 5.76. The fourth-order valence-corrected chi connectivity index (χ4v) is 4.44. The van der Waals surface area contributed by atoms with E-state index in [0.29, 0.717) is 25.6 Å². The van der Waals surface area contributed by atoms with Gasteiger partial charge in [-0.15, -0.1) is 0 Å². The molecule has 2 saturated heterocycles. The molecule has 2 aliphatic heterocycles. The van der Waals surface area contributed by atoms with Gasteiger partial charge in [0.15, 0.2) is 0 Å². The van der Waals surface area contributed by atoms with Crippen molar-refractivity contribution in [1.29, 1.82) is 0 Å². The lowest BCUT2D eigenvalue weighted by Gasteiger charge is -2.39. The fraction of sp³-hybridized carbons (Fsp3) is 0.882. The highest BCUT2D eigenvalue weighted by molar-refractivity contribution is 5.86. The van der Waals surface area contributed by atoms with Gasteiger partial charge in [-0.1, -0.05) is 12.8 Å². The quantitative estimate of drug-likeness (QED) is 0.794. The van der Waals surface area contributed by atoms with E-state index in [9.17, 15) is 9.59 Å². The van der Waals surface area contributed by atoms with Crippen LogP contribution in [0.4, 0.5) is 0 Å². The molecule has 1 spiro atoms. The molecule has 3 fully saturated rings. The molecule has 1 atom stereocenters. The van der Waals surface area contributed by atoms with Gasteiger partial charge in [0.1, 0.15) is 0 Å². The molecular formula is C17H28N2O3. The van der Waals surface area contributed by atoms with E-state index < -0.39 is 0 Å². The van der Waals surface area contributed by atoms with Crippen molar-refractivity contribution >= 4 is 11.8 Å². The number of carbonyl (C=O) groups excluding carboxylic acids is 2. The second kappa shape index (κ2) is 6.57. The zero-order valence-corrected chi connectivity index (χ0v) is 13.7. The van der Waals surface area contributed by atoms with Gasteiger partial charge in [0.2, 0.25) is 11.8 Å². The Morgan fingerprint density at radius 1 is 1.23 bits per heavy atom. The van der Waals surface area contributed by atoms with E-state index in [1.807, 2.05) is 9.80 Å². The second-order valence-electron chi connectivity index (χ2n) is 7.16. The Morgan fingerprint density at radius 3 is 2.73 bits per heavy atom. The van der Waals surface area contributed by atoms with Crippen LogP contribution in [0.25, 0.3) is 0 Å². The molecule has 22 heavy (non-hydrogen) atoms. The van der Waals surface area contributed by atoms with Crippen molar-refractivity contribution in [3.63, 3.8) is 0 Å². The molecule has 3 aliphatic rings. The molecule has 0 aromatic heterocycles. The molecule has 0 unspecified atom stereocenters. The lowest BCUT2D eigenvalue weighted by atomic mass is 9.78. The lowest BCUT2D eigenvalue weighted by Crippen LogP contribution is -2.51. The molecule has 2 amide bonds. The van der Waals surface area contributed by atoms with Crippen molar-refractivity contribution < 1.29 is 14.3 Å². The largest absolute Gasteiger partial charge is 0.383 e. The highest BCUT2D eigenvalue weighted by Gasteiger charge is 2.49. The van der Waals surface area contributed by atoms with Gasteiger partial charge in [-0.2, -0.15) is 0 Å². The van der Waals surface area contributed by atoms with Crippen LogP contribution in [0.5, 0.6) is 0 Å². The normalized spacial score (nSPS) is 29.8. The topological polar surface area (TPSA) is 49.9 Å². The monoisotopic (exact) mass is 308 g/mol. The van der Waals surface area contributed by atoms with E-state index in [-0.39, 0.29) is 17.2 Å². The number of rotatable bonds is 4. The maximum absolute atomic E-state index is 12.9. The Kier molecular flexibility index (Phi) is 4.71. The summed E-state index contributed by atoms with van der Waals surface area (Å²) < 4.78 is 5.11. The molecule has 2 heterocycles. The SMILES string of the molecule is COCCN1CCC[C@@]2(CCN(C(=O)C3CCCC3)C2)C1=O. The summed E-state index contributed by atoms with van der Waals surface area (Å²) in [6.07, 6.45) is 7.25. The summed E-state index contributed by atoms with van der Waals surface area (Å²) in [6.45, 7) is 3.50. The number of carbonyl (C=O) groups is 2. The van der Waals surface area contributed by atoms with Crippen LogP contribution in [0.15, 0.2) is 0 Å². The van der Waals surface area contributed by atoms with E-state index in [0.717, 1.165) is 45.2 Å². The van der Waals surface area contributed by atoms with Gasteiger partial charge in [-0.3, -0.25) is 9.59 Å². The summed E-state index contributed by atoms with van der Waals surface area (Å²) in [4.78, 5) is 29.4. The number of amides is 2. The molecule has 0 bridgehead atoms. The summed E-state index contributed by atoms with van der Waals surface area (Å²) in [6, 6.07) is 0. The van der Waals surface area contributed by atoms with Crippen LogP contribution in [0, 0.1) is 11.3 Å². The molecule has 0 aromatic carbocycles. The number of nitrogens with zero attached hydrogens (tertiary/aromatic N) is 2. The predicted molar refractivity (Wildman–Crippen MR) is 83.3 cm³/mol. The molecule has 0 aromatic rings. The zero-order valence-electron chi connectivity index (χ0n) is 13.7. The zero-order chi connectivity index (χ0) is 15.6. The van der Waals surface area contributed by atoms with Gasteiger partial charge >= 0.3 is 0 Å². The summed E-state index contributed by atoms with van der Waals surface area (Å²) in [7, 11) is 1.67.